The Morgan fingerprint density at radius 3 is 1.29 bits per heavy atom. The molecule has 3 nitrogen and oxygen atoms in total. The Kier molecular flexibility index (Phi) is 5.74. The molecule has 28 heavy (non-hydrogen) atoms. The first-order chi connectivity index (χ1) is 13.5. The van der Waals surface area contributed by atoms with Crippen molar-refractivity contribution in [1.82, 2.24) is 0 Å². The average molecular weight is 371 g/mol. The zero-order valence-electron chi connectivity index (χ0n) is 16.6. The number of nitrogens with two attached hydrogens (primary N) is 1. The summed E-state index contributed by atoms with van der Waals surface area (Å²) in [4.78, 5) is 24.2. The topological polar surface area (TPSA) is 60.2 Å². The van der Waals surface area contributed by atoms with E-state index in [0.29, 0.717) is 22.3 Å². The molecule has 0 unspecified atom stereocenters. The van der Waals surface area contributed by atoms with Gasteiger partial charge >= 0.3 is 0 Å². The summed E-state index contributed by atoms with van der Waals surface area (Å²) in [5.74, 6) is -0.128. The lowest BCUT2D eigenvalue weighted by Crippen LogP contribution is -2.20. The quantitative estimate of drug-likeness (QED) is 0.495. The van der Waals surface area contributed by atoms with E-state index in [1.165, 1.54) is 16.7 Å². The summed E-state index contributed by atoms with van der Waals surface area (Å²) in [5.41, 5.74) is 12.9. The van der Waals surface area contributed by atoms with Gasteiger partial charge in [0, 0.05) is 27.9 Å². The molecule has 0 spiro atoms. The van der Waals surface area contributed by atoms with E-state index in [2.05, 4.69) is 32.9 Å². The van der Waals surface area contributed by atoms with E-state index < -0.39 is 0 Å². The normalized spacial score (nSPS) is 12.0. The minimum absolute atomic E-state index is 0.0641. The third kappa shape index (κ3) is 3.61. The summed E-state index contributed by atoms with van der Waals surface area (Å²) in [5, 5.41) is 0. The lowest BCUT2D eigenvalue weighted by molar-refractivity contribution is 0.0979. The lowest BCUT2D eigenvalue weighted by Gasteiger charge is -2.16. The van der Waals surface area contributed by atoms with Crippen molar-refractivity contribution in [3.8, 4) is 0 Å². The van der Waals surface area contributed by atoms with Crippen LogP contribution in [0.5, 0.6) is 0 Å². The number of fused-ring (bicyclic) bond motifs is 2. The van der Waals surface area contributed by atoms with Crippen LogP contribution in [0.2, 0.25) is 0 Å². The molecule has 3 aromatic carbocycles. The maximum Gasteiger partial charge on any atom is 0.194 e. The van der Waals surface area contributed by atoms with E-state index in [1.807, 2.05) is 0 Å². The molecule has 2 N–H and O–H groups in total. The molecule has 3 aromatic rings. The zero-order chi connectivity index (χ0) is 20.3. The van der Waals surface area contributed by atoms with Crippen molar-refractivity contribution in [2.45, 2.75) is 33.6 Å². The van der Waals surface area contributed by atoms with Gasteiger partial charge in [-0.25, -0.2) is 0 Å². The third-order valence-corrected chi connectivity index (χ3v) is 5.09. The average Bonchev–Trinajstić information content (AvgIpc) is 2.74. The molecule has 0 aliphatic heterocycles. The molecule has 1 aliphatic carbocycles. The second kappa shape index (κ2) is 8.22. The van der Waals surface area contributed by atoms with Crippen LogP contribution in [-0.4, -0.2) is 11.6 Å². The Balaban J connectivity index is 0.000000169. The fourth-order valence-corrected chi connectivity index (χ4v) is 3.59. The van der Waals surface area contributed by atoms with Crippen LogP contribution < -0.4 is 5.73 Å². The highest BCUT2D eigenvalue weighted by Gasteiger charge is 2.28. The molecule has 1 aliphatic rings. The van der Waals surface area contributed by atoms with Crippen LogP contribution in [0.25, 0.3) is 0 Å². The van der Waals surface area contributed by atoms with Crippen LogP contribution in [0, 0.1) is 6.92 Å². The van der Waals surface area contributed by atoms with Gasteiger partial charge in [0.05, 0.1) is 0 Å². The van der Waals surface area contributed by atoms with Crippen LogP contribution >= 0.6 is 0 Å². The number of hydrogen-bond donors (Lipinski definition) is 1. The Labute approximate surface area is 166 Å². The minimum Gasteiger partial charge on any atom is -0.398 e. The molecule has 0 atom stereocenters. The van der Waals surface area contributed by atoms with Crippen LogP contribution in [0.4, 0.5) is 5.69 Å². The van der Waals surface area contributed by atoms with Gasteiger partial charge in [-0.3, -0.25) is 9.59 Å². The van der Waals surface area contributed by atoms with E-state index in [4.69, 9.17) is 5.73 Å². The highest BCUT2D eigenvalue weighted by atomic mass is 16.1. The highest BCUT2D eigenvalue weighted by Crippen LogP contribution is 2.26. The van der Waals surface area contributed by atoms with Crippen LogP contribution in [-0.2, 0) is 12.8 Å². The smallest absolute Gasteiger partial charge is 0.194 e. The number of rotatable bonds is 2. The molecule has 0 aromatic heterocycles. The molecular formula is C25H25NO2. The summed E-state index contributed by atoms with van der Waals surface area (Å²) in [6.07, 6.45) is 2.06. The second-order valence-corrected chi connectivity index (χ2v) is 6.95. The van der Waals surface area contributed by atoms with E-state index in [-0.39, 0.29) is 11.6 Å². The molecule has 4 rings (SSSR count). The number of carbonyl (C=O) groups excluding carboxylic acids is 2. The molecular weight excluding hydrogens is 346 g/mol. The number of nitrogen functional groups attached to an aromatic ring is 1. The maximum atomic E-state index is 12.1. The molecule has 0 amide bonds. The van der Waals surface area contributed by atoms with Gasteiger partial charge in [0.15, 0.2) is 11.6 Å². The summed E-state index contributed by atoms with van der Waals surface area (Å²) in [6, 6.07) is 18.3. The van der Waals surface area contributed by atoms with Gasteiger partial charge in [0.25, 0.3) is 0 Å². The summed E-state index contributed by atoms with van der Waals surface area (Å²) < 4.78 is 0. The van der Waals surface area contributed by atoms with Crippen molar-refractivity contribution in [2.75, 3.05) is 5.73 Å². The lowest BCUT2D eigenvalue weighted by atomic mass is 9.84. The number of anilines is 1. The van der Waals surface area contributed by atoms with Crippen molar-refractivity contribution in [2.24, 2.45) is 0 Å². The van der Waals surface area contributed by atoms with E-state index in [1.54, 1.807) is 48.5 Å². The van der Waals surface area contributed by atoms with Gasteiger partial charge in [0.2, 0.25) is 0 Å². The molecule has 0 radical (unpaired) electrons. The predicted octanol–water partition coefficient (Wildman–Crippen LogP) is 5.16. The van der Waals surface area contributed by atoms with Crippen molar-refractivity contribution in [3.63, 3.8) is 0 Å². The fraction of sp³-hybridized carbons (Fsp3) is 0.200. The van der Waals surface area contributed by atoms with Gasteiger partial charge in [-0.2, -0.15) is 0 Å². The van der Waals surface area contributed by atoms with Crippen molar-refractivity contribution < 1.29 is 9.59 Å². The monoisotopic (exact) mass is 371 g/mol. The number of carbonyl (C=O) groups is 2. The van der Waals surface area contributed by atoms with Crippen molar-refractivity contribution in [3.05, 3.63) is 99.6 Å². The highest BCUT2D eigenvalue weighted by molar-refractivity contribution is 6.28. The van der Waals surface area contributed by atoms with Crippen LogP contribution in [0.1, 0.15) is 62.4 Å². The van der Waals surface area contributed by atoms with Crippen molar-refractivity contribution in [1.29, 1.82) is 0 Å². The van der Waals surface area contributed by atoms with Gasteiger partial charge in [-0.1, -0.05) is 80.1 Å². The fourth-order valence-electron chi connectivity index (χ4n) is 3.59. The second-order valence-electron chi connectivity index (χ2n) is 6.95. The zero-order valence-corrected chi connectivity index (χ0v) is 16.6. The van der Waals surface area contributed by atoms with Gasteiger partial charge in [-0.05, 0) is 30.9 Å². The Morgan fingerprint density at radius 1 is 0.679 bits per heavy atom. The standard InChI is InChI=1S/C14H8O2.C11H17N/c15-13-9-5-1-2-6-10(9)14(16)12-8-4-3-7-11(12)13;1-4-9-6-8(3)7-10(5-2)11(9)12/h1-8H;6-7H,4-5,12H2,1-3H3. The molecule has 0 bridgehead atoms. The van der Waals surface area contributed by atoms with E-state index >= 15 is 0 Å². The minimum atomic E-state index is -0.0641. The van der Waals surface area contributed by atoms with Gasteiger partial charge < -0.3 is 5.73 Å². The van der Waals surface area contributed by atoms with Crippen LogP contribution in [0.15, 0.2) is 60.7 Å². The Bertz CT molecular complexity index is 919. The molecule has 142 valence electrons. The molecule has 0 fully saturated rings. The largest absolute Gasteiger partial charge is 0.398 e. The molecule has 0 heterocycles. The van der Waals surface area contributed by atoms with Crippen molar-refractivity contribution >= 4 is 17.3 Å². The number of ketones is 2. The number of hydrogen-bond acceptors (Lipinski definition) is 3. The van der Waals surface area contributed by atoms with Gasteiger partial charge in [0.1, 0.15) is 0 Å². The number of benzene rings is 3. The van der Waals surface area contributed by atoms with Crippen LogP contribution in [0.3, 0.4) is 0 Å². The number of aryl methyl sites for hydroxylation is 3. The summed E-state index contributed by atoms with van der Waals surface area (Å²) in [7, 11) is 0. The SMILES string of the molecule is CCc1cc(C)cc(CC)c1N.O=C1c2ccccc2C(=O)c2ccccc21. The maximum absolute atomic E-state index is 12.1. The summed E-state index contributed by atoms with van der Waals surface area (Å²) >= 11 is 0. The third-order valence-electron chi connectivity index (χ3n) is 5.09. The van der Waals surface area contributed by atoms with Gasteiger partial charge in [-0.15, -0.1) is 0 Å². The first-order valence-corrected chi connectivity index (χ1v) is 9.63. The predicted molar refractivity (Wildman–Crippen MR) is 114 cm³/mol. The Morgan fingerprint density at radius 2 is 1.00 bits per heavy atom. The molecule has 0 saturated heterocycles. The van der Waals surface area contributed by atoms with E-state index in [0.717, 1.165) is 18.5 Å². The summed E-state index contributed by atoms with van der Waals surface area (Å²) in [6.45, 7) is 6.41. The first kappa shape index (κ1) is 19.6. The van der Waals surface area contributed by atoms with E-state index in [9.17, 15) is 9.59 Å². The molecule has 3 heteroatoms. The first-order valence-electron chi connectivity index (χ1n) is 9.63. The Hall–Kier alpha value is -3.20. The molecule has 0 saturated carbocycles.